The first-order valence-corrected chi connectivity index (χ1v) is 6.82. The minimum absolute atomic E-state index is 0.153. The van der Waals surface area contributed by atoms with Gasteiger partial charge >= 0.3 is 0 Å². The molecule has 3 atom stereocenters. The molecule has 16 heavy (non-hydrogen) atoms. The number of carbonyl (C=O) groups excluding carboxylic acids is 1. The van der Waals surface area contributed by atoms with Gasteiger partial charge in [0.05, 0.1) is 0 Å². The lowest BCUT2D eigenvalue weighted by molar-refractivity contribution is -0.136. The summed E-state index contributed by atoms with van der Waals surface area (Å²) in [6.45, 7) is 9.62. The molecule has 3 unspecified atom stereocenters. The summed E-state index contributed by atoms with van der Waals surface area (Å²) in [5, 5.41) is 0. The van der Waals surface area contributed by atoms with E-state index in [-0.39, 0.29) is 5.92 Å². The van der Waals surface area contributed by atoms with Gasteiger partial charge in [0.15, 0.2) is 0 Å². The van der Waals surface area contributed by atoms with Gasteiger partial charge in [0.25, 0.3) is 0 Å². The average molecular weight is 223 g/mol. The average Bonchev–Trinajstić information content (AvgIpc) is 2.73. The van der Waals surface area contributed by atoms with Crippen molar-refractivity contribution in [1.29, 1.82) is 0 Å². The van der Waals surface area contributed by atoms with E-state index < -0.39 is 0 Å². The van der Waals surface area contributed by atoms with Crippen molar-refractivity contribution in [2.45, 2.75) is 53.0 Å². The zero-order valence-electron chi connectivity index (χ0n) is 11.1. The van der Waals surface area contributed by atoms with Gasteiger partial charge in [0, 0.05) is 18.5 Å². The first-order chi connectivity index (χ1) is 7.52. The second-order valence-corrected chi connectivity index (χ2v) is 6.23. The van der Waals surface area contributed by atoms with Crippen molar-refractivity contribution < 1.29 is 4.79 Å². The number of hydrogen-bond donors (Lipinski definition) is 0. The number of amides is 1. The van der Waals surface area contributed by atoms with Crippen LogP contribution in [0.25, 0.3) is 0 Å². The Morgan fingerprint density at radius 1 is 1.19 bits per heavy atom. The third kappa shape index (κ3) is 1.87. The van der Waals surface area contributed by atoms with E-state index in [2.05, 4.69) is 18.7 Å². The lowest BCUT2D eigenvalue weighted by atomic mass is 9.87. The van der Waals surface area contributed by atoms with E-state index in [1.807, 2.05) is 13.8 Å². The van der Waals surface area contributed by atoms with Crippen LogP contribution < -0.4 is 0 Å². The Balaban J connectivity index is 2.16. The molecule has 1 saturated heterocycles. The molecule has 0 aromatic carbocycles. The summed E-state index contributed by atoms with van der Waals surface area (Å²) in [6, 6.07) is 0.516. The SMILES string of the molecule is CC(C)C(=O)N1CC2CCCC2C1C(C)C. The lowest BCUT2D eigenvalue weighted by Crippen LogP contribution is -2.43. The van der Waals surface area contributed by atoms with Gasteiger partial charge in [-0.05, 0) is 30.6 Å². The van der Waals surface area contributed by atoms with Crippen LogP contribution >= 0.6 is 0 Å². The Bertz CT molecular complexity index is 272. The van der Waals surface area contributed by atoms with Crippen LogP contribution in [0.4, 0.5) is 0 Å². The third-order valence-corrected chi connectivity index (χ3v) is 4.41. The van der Waals surface area contributed by atoms with Crippen molar-refractivity contribution in [3.05, 3.63) is 0 Å². The van der Waals surface area contributed by atoms with Crippen molar-refractivity contribution in [2.24, 2.45) is 23.7 Å². The maximum atomic E-state index is 12.2. The van der Waals surface area contributed by atoms with Crippen molar-refractivity contribution in [3.63, 3.8) is 0 Å². The largest absolute Gasteiger partial charge is 0.339 e. The Labute approximate surface area is 99.4 Å². The van der Waals surface area contributed by atoms with Gasteiger partial charge in [0.1, 0.15) is 0 Å². The van der Waals surface area contributed by atoms with E-state index in [4.69, 9.17) is 0 Å². The number of likely N-dealkylation sites (tertiary alicyclic amines) is 1. The number of fused-ring (bicyclic) bond motifs is 1. The van der Waals surface area contributed by atoms with E-state index in [1.165, 1.54) is 19.3 Å². The van der Waals surface area contributed by atoms with Gasteiger partial charge in [-0.25, -0.2) is 0 Å². The van der Waals surface area contributed by atoms with Crippen molar-refractivity contribution in [2.75, 3.05) is 6.54 Å². The molecular weight excluding hydrogens is 198 g/mol. The van der Waals surface area contributed by atoms with E-state index in [1.54, 1.807) is 0 Å². The Hall–Kier alpha value is -0.530. The fourth-order valence-corrected chi connectivity index (χ4v) is 3.77. The van der Waals surface area contributed by atoms with Gasteiger partial charge in [-0.15, -0.1) is 0 Å². The van der Waals surface area contributed by atoms with Crippen LogP contribution in [0.5, 0.6) is 0 Å². The van der Waals surface area contributed by atoms with Crippen molar-refractivity contribution in [3.8, 4) is 0 Å². The second kappa shape index (κ2) is 4.38. The van der Waals surface area contributed by atoms with Gasteiger partial charge < -0.3 is 4.90 Å². The maximum Gasteiger partial charge on any atom is 0.225 e. The van der Waals surface area contributed by atoms with Crippen LogP contribution in [-0.2, 0) is 4.79 Å². The highest BCUT2D eigenvalue weighted by atomic mass is 16.2. The number of rotatable bonds is 2. The standard InChI is InChI=1S/C14H25NO/c1-9(2)13-12-7-5-6-11(12)8-15(13)14(16)10(3)4/h9-13H,5-8H2,1-4H3. The van der Waals surface area contributed by atoms with Crippen LogP contribution in [0.1, 0.15) is 47.0 Å². The highest BCUT2D eigenvalue weighted by molar-refractivity contribution is 5.78. The molecule has 2 fully saturated rings. The first kappa shape index (κ1) is 11.9. The summed E-state index contributed by atoms with van der Waals surface area (Å²) in [5.74, 6) is 2.72. The van der Waals surface area contributed by atoms with E-state index in [0.29, 0.717) is 17.9 Å². The summed E-state index contributed by atoms with van der Waals surface area (Å²) < 4.78 is 0. The maximum absolute atomic E-state index is 12.2. The van der Waals surface area contributed by atoms with E-state index in [9.17, 15) is 4.79 Å². The number of hydrogen-bond acceptors (Lipinski definition) is 1. The third-order valence-electron chi connectivity index (χ3n) is 4.41. The fraction of sp³-hybridized carbons (Fsp3) is 0.929. The molecule has 1 aliphatic heterocycles. The molecule has 1 saturated carbocycles. The van der Waals surface area contributed by atoms with Crippen LogP contribution in [0, 0.1) is 23.7 Å². The molecule has 0 N–H and O–H groups in total. The predicted octanol–water partition coefficient (Wildman–Crippen LogP) is 2.93. The van der Waals surface area contributed by atoms with E-state index in [0.717, 1.165) is 18.4 Å². The molecule has 0 bridgehead atoms. The Morgan fingerprint density at radius 3 is 2.44 bits per heavy atom. The van der Waals surface area contributed by atoms with Crippen LogP contribution in [0.3, 0.4) is 0 Å². The molecule has 1 amide bonds. The number of nitrogens with zero attached hydrogens (tertiary/aromatic N) is 1. The first-order valence-electron chi connectivity index (χ1n) is 6.82. The van der Waals surface area contributed by atoms with Crippen LogP contribution in [0.2, 0.25) is 0 Å². The Morgan fingerprint density at radius 2 is 1.88 bits per heavy atom. The monoisotopic (exact) mass is 223 g/mol. The van der Waals surface area contributed by atoms with Gasteiger partial charge in [-0.2, -0.15) is 0 Å². The summed E-state index contributed by atoms with van der Waals surface area (Å²) in [4.78, 5) is 14.4. The summed E-state index contributed by atoms with van der Waals surface area (Å²) in [7, 11) is 0. The van der Waals surface area contributed by atoms with Crippen molar-refractivity contribution >= 4 is 5.91 Å². The lowest BCUT2D eigenvalue weighted by Gasteiger charge is -2.32. The highest BCUT2D eigenvalue weighted by Gasteiger charge is 2.47. The molecule has 1 heterocycles. The quantitative estimate of drug-likeness (QED) is 0.705. The van der Waals surface area contributed by atoms with Gasteiger partial charge in [0.2, 0.25) is 5.91 Å². The molecule has 0 aromatic heterocycles. The molecule has 2 nitrogen and oxygen atoms in total. The topological polar surface area (TPSA) is 20.3 Å². The molecule has 0 aromatic rings. The molecule has 0 radical (unpaired) electrons. The normalized spacial score (nSPS) is 33.9. The molecule has 2 heteroatoms. The van der Waals surface area contributed by atoms with Gasteiger partial charge in [-0.3, -0.25) is 4.79 Å². The van der Waals surface area contributed by atoms with Gasteiger partial charge in [-0.1, -0.05) is 34.1 Å². The summed E-state index contributed by atoms with van der Waals surface area (Å²) in [6.07, 6.45) is 4.06. The summed E-state index contributed by atoms with van der Waals surface area (Å²) >= 11 is 0. The zero-order chi connectivity index (χ0) is 11.9. The summed E-state index contributed by atoms with van der Waals surface area (Å²) in [5.41, 5.74) is 0. The molecule has 2 rings (SSSR count). The fourth-order valence-electron chi connectivity index (χ4n) is 3.77. The van der Waals surface area contributed by atoms with Crippen LogP contribution in [0.15, 0.2) is 0 Å². The smallest absolute Gasteiger partial charge is 0.225 e. The van der Waals surface area contributed by atoms with E-state index >= 15 is 0 Å². The minimum atomic E-state index is 0.153. The molecule has 1 aliphatic carbocycles. The number of carbonyl (C=O) groups is 1. The Kier molecular flexibility index (Phi) is 3.27. The molecule has 2 aliphatic rings. The molecule has 92 valence electrons. The predicted molar refractivity (Wildman–Crippen MR) is 66.0 cm³/mol. The van der Waals surface area contributed by atoms with Crippen LogP contribution in [-0.4, -0.2) is 23.4 Å². The second-order valence-electron chi connectivity index (χ2n) is 6.23. The molecular formula is C14H25NO. The zero-order valence-corrected chi connectivity index (χ0v) is 11.1. The molecule has 0 spiro atoms. The minimum Gasteiger partial charge on any atom is -0.339 e. The highest BCUT2D eigenvalue weighted by Crippen LogP contribution is 2.44. The van der Waals surface area contributed by atoms with Crippen molar-refractivity contribution in [1.82, 2.24) is 4.90 Å².